The molecular formula is C14H22BrN3O2S. The summed E-state index contributed by atoms with van der Waals surface area (Å²) >= 11 is 3.30. The van der Waals surface area contributed by atoms with Crippen LogP contribution in [0.15, 0.2) is 21.6 Å². The molecule has 2 rings (SSSR count). The van der Waals surface area contributed by atoms with Crippen LogP contribution in [0.1, 0.15) is 39.5 Å². The Kier molecular flexibility index (Phi) is 5.62. The standard InChI is InChI=1S/C14H22BrN3O2S/c1-3-7-16-14-13(8-11(15)9-17-14)21(19,20)18-12-6-4-5-10(12)2/h8-10,12,18H,3-7H2,1-2H3,(H,16,17). The highest BCUT2D eigenvalue weighted by molar-refractivity contribution is 9.10. The molecule has 0 saturated heterocycles. The zero-order chi connectivity index (χ0) is 15.5. The molecule has 2 atom stereocenters. The maximum Gasteiger partial charge on any atom is 0.244 e. The smallest absolute Gasteiger partial charge is 0.244 e. The van der Waals surface area contributed by atoms with E-state index in [0.717, 1.165) is 25.7 Å². The number of rotatable bonds is 6. The molecule has 2 N–H and O–H groups in total. The Morgan fingerprint density at radius 1 is 1.43 bits per heavy atom. The van der Waals surface area contributed by atoms with Crippen molar-refractivity contribution >= 4 is 31.8 Å². The van der Waals surface area contributed by atoms with E-state index in [2.05, 4.69) is 37.9 Å². The molecule has 0 radical (unpaired) electrons. The van der Waals surface area contributed by atoms with Gasteiger partial charge in [0.1, 0.15) is 10.7 Å². The van der Waals surface area contributed by atoms with Gasteiger partial charge >= 0.3 is 0 Å². The maximum atomic E-state index is 12.7. The summed E-state index contributed by atoms with van der Waals surface area (Å²) in [6.07, 6.45) is 5.57. The number of hydrogen-bond donors (Lipinski definition) is 2. The molecule has 0 aromatic carbocycles. The van der Waals surface area contributed by atoms with Crippen molar-refractivity contribution in [2.75, 3.05) is 11.9 Å². The molecule has 1 aliphatic rings. The summed E-state index contributed by atoms with van der Waals surface area (Å²) in [7, 11) is -3.57. The molecular weight excluding hydrogens is 354 g/mol. The largest absolute Gasteiger partial charge is 0.369 e. The van der Waals surface area contributed by atoms with Crippen LogP contribution in [0.3, 0.4) is 0 Å². The van der Waals surface area contributed by atoms with Gasteiger partial charge in [-0.2, -0.15) is 0 Å². The van der Waals surface area contributed by atoms with Crippen LogP contribution in [0.2, 0.25) is 0 Å². The SMILES string of the molecule is CCCNc1ncc(Br)cc1S(=O)(=O)NC1CCCC1C. The number of halogens is 1. The van der Waals surface area contributed by atoms with Gasteiger partial charge in [0, 0.05) is 23.3 Å². The third-order valence-corrected chi connectivity index (χ3v) is 5.76. The van der Waals surface area contributed by atoms with Crippen molar-refractivity contribution in [2.24, 2.45) is 5.92 Å². The van der Waals surface area contributed by atoms with Crippen LogP contribution in [0.4, 0.5) is 5.82 Å². The molecule has 0 bridgehead atoms. The average molecular weight is 376 g/mol. The first-order chi connectivity index (χ1) is 9.94. The highest BCUT2D eigenvalue weighted by Crippen LogP contribution is 2.28. The lowest BCUT2D eigenvalue weighted by Gasteiger charge is -2.19. The number of nitrogens with zero attached hydrogens (tertiary/aromatic N) is 1. The topological polar surface area (TPSA) is 71.1 Å². The molecule has 1 aromatic rings. The second-order valence-corrected chi connectivity index (χ2v) is 8.16. The van der Waals surface area contributed by atoms with Crippen LogP contribution in [-0.2, 0) is 10.0 Å². The predicted molar refractivity (Wildman–Crippen MR) is 87.8 cm³/mol. The Balaban J connectivity index is 2.27. The lowest BCUT2D eigenvalue weighted by atomic mass is 10.1. The van der Waals surface area contributed by atoms with Crippen LogP contribution in [0.5, 0.6) is 0 Å². The quantitative estimate of drug-likeness (QED) is 0.800. The van der Waals surface area contributed by atoms with Crippen LogP contribution < -0.4 is 10.0 Å². The summed E-state index contributed by atoms with van der Waals surface area (Å²) in [5, 5.41) is 3.08. The van der Waals surface area contributed by atoms with Gasteiger partial charge in [0.2, 0.25) is 10.0 Å². The first kappa shape index (κ1) is 16.7. The average Bonchev–Trinajstić information content (AvgIpc) is 2.82. The van der Waals surface area contributed by atoms with E-state index in [1.165, 1.54) is 0 Å². The fraction of sp³-hybridized carbons (Fsp3) is 0.643. The van der Waals surface area contributed by atoms with Gasteiger partial charge in [0.05, 0.1) is 0 Å². The number of aromatic nitrogens is 1. The van der Waals surface area contributed by atoms with Gasteiger partial charge in [-0.1, -0.05) is 20.3 Å². The summed E-state index contributed by atoms with van der Waals surface area (Å²) < 4.78 is 28.8. The Morgan fingerprint density at radius 2 is 2.19 bits per heavy atom. The molecule has 1 aliphatic carbocycles. The second kappa shape index (κ2) is 7.07. The highest BCUT2D eigenvalue weighted by atomic mass is 79.9. The third kappa shape index (κ3) is 4.17. The molecule has 1 aromatic heterocycles. The molecule has 5 nitrogen and oxygen atoms in total. The van der Waals surface area contributed by atoms with E-state index in [1.807, 2.05) is 6.92 Å². The molecule has 1 fully saturated rings. The highest BCUT2D eigenvalue weighted by Gasteiger charge is 2.30. The van der Waals surface area contributed by atoms with Crippen molar-refractivity contribution in [1.29, 1.82) is 0 Å². The van der Waals surface area contributed by atoms with Crippen molar-refractivity contribution in [1.82, 2.24) is 9.71 Å². The fourth-order valence-electron chi connectivity index (χ4n) is 2.58. The summed E-state index contributed by atoms with van der Waals surface area (Å²) in [6, 6.07) is 1.63. The monoisotopic (exact) mass is 375 g/mol. The zero-order valence-corrected chi connectivity index (χ0v) is 14.8. The Labute approximate surface area is 135 Å². The summed E-state index contributed by atoms with van der Waals surface area (Å²) in [6.45, 7) is 4.81. The van der Waals surface area contributed by atoms with Crippen LogP contribution in [-0.4, -0.2) is 26.0 Å². The molecule has 1 heterocycles. The van der Waals surface area contributed by atoms with Crippen molar-refractivity contribution in [2.45, 2.75) is 50.5 Å². The normalized spacial score (nSPS) is 22.4. The molecule has 7 heteroatoms. The minimum absolute atomic E-state index is 0.0213. The number of hydrogen-bond acceptors (Lipinski definition) is 4. The molecule has 1 saturated carbocycles. The third-order valence-electron chi connectivity index (χ3n) is 3.82. The number of pyridine rings is 1. The molecule has 0 aliphatic heterocycles. The number of nitrogens with one attached hydrogen (secondary N) is 2. The molecule has 2 unspecified atom stereocenters. The van der Waals surface area contributed by atoms with Crippen molar-refractivity contribution in [3.8, 4) is 0 Å². The fourth-order valence-corrected chi connectivity index (χ4v) is 4.61. The van der Waals surface area contributed by atoms with E-state index in [9.17, 15) is 8.42 Å². The van der Waals surface area contributed by atoms with Gasteiger partial charge in [0.25, 0.3) is 0 Å². The zero-order valence-electron chi connectivity index (χ0n) is 12.4. The summed E-state index contributed by atoms with van der Waals surface area (Å²) in [5.74, 6) is 0.796. The van der Waals surface area contributed by atoms with Gasteiger partial charge in [-0.25, -0.2) is 18.1 Å². The Bertz CT molecular complexity index is 592. The first-order valence-corrected chi connectivity index (χ1v) is 9.63. The van der Waals surface area contributed by atoms with Gasteiger partial charge in [-0.05, 0) is 47.2 Å². The van der Waals surface area contributed by atoms with Crippen LogP contribution >= 0.6 is 15.9 Å². The Morgan fingerprint density at radius 3 is 2.81 bits per heavy atom. The number of anilines is 1. The predicted octanol–water partition coefficient (Wildman–Crippen LogP) is 3.13. The van der Waals surface area contributed by atoms with Crippen molar-refractivity contribution < 1.29 is 8.42 Å². The van der Waals surface area contributed by atoms with E-state index >= 15 is 0 Å². The lowest BCUT2D eigenvalue weighted by Crippen LogP contribution is -2.36. The van der Waals surface area contributed by atoms with Gasteiger partial charge in [-0.3, -0.25) is 0 Å². The molecule has 0 spiro atoms. The van der Waals surface area contributed by atoms with Crippen molar-refractivity contribution in [3.63, 3.8) is 0 Å². The molecule has 0 amide bonds. The van der Waals surface area contributed by atoms with Gasteiger partial charge < -0.3 is 5.32 Å². The second-order valence-electron chi connectivity index (χ2n) is 5.56. The summed E-state index contributed by atoms with van der Waals surface area (Å²) in [4.78, 5) is 4.41. The van der Waals surface area contributed by atoms with Gasteiger partial charge in [0.15, 0.2) is 0 Å². The first-order valence-electron chi connectivity index (χ1n) is 7.35. The molecule has 21 heavy (non-hydrogen) atoms. The number of sulfonamides is 1. The lowest BCUT2D eigenvalue weighted by molar-refractivity contribution is 0.476. The maximum absolute atomic E-state index is 12.7. The summed E-state index contributed by atoms with van der Waals surface area (Å²) in [5.41, 5.74) is 0. The minimum Gasteiger partial charge on any atom is -0.369 e. The van der Waals surface area contributed by atoms with Crippen molar-refractivity contribution in [3.05, 3.63) is 16.7 Å². The van der Waals surface area contributed by atoms with E-state index < -0.39 is 10.0 Å². The van der Waals surface area contributed by atoms with Crippen LogP contribution in [0.25, 0.3) is 0 Å². The van der Waals surface area contributed by atoms with E-state index in [1.54, 1.807) is 12.3 Å². The van der Waals surface area contributed by atoms with Crippen LogP contribution in [0, 0.1) is 5.92 Å². The van der Waals surface area contributed by atoms with Gasteiger partial charge in [-0.15, -0.1) is 0 Å². The molecule has 118 valence electrons. The van der Waals surface area contributed by atoms with E-state index in [4.69, 9.17) is 0 Å². The van der Waals surface area contributed by atoms with E-state index in [0.29, 0.717) is 22.8 Å². The minimum atomic E-state index is -3.57. The Hall–Kier alpha value is -0.660. The van der Waals surface area contributed by atoms with E-state index in [-0.39, 0.29) is 10.9 Å².